The first-order valence-electron chi connectivity index (χ1n) is 10.1. The Labute approximate surface area is 199 Å². The zero-order valence-corrected chi connectivity index (χ0v) is 18.4. The van der Waals surface area contributed by atoms with Gasteiger partial charge >= 0.3 is 0 Å². The molecule has 170 valence electrons. The second-order valence-electron chi connectivity index (χ2n) is 7.09. The highest BCUT2D eigenvalue weighted by Crippen LogP contribution is 2.31. The summed E-state index contributed by atoms with van der Waals surface area (Å²) in [7, 11) is 0. The lowest BCUT2D eigenvalue weighted by Crippen LogP contribution is -2.18. The first-order chi connectivity index (χ1) is 16.5. The van der Waals surface area contributed by atoms with E-state index in [0.29, 0.717) is 35.0 Å². The van der Waals surface area contributed by atoms with Crippen molar-refractivity contribution in [3.8, 4) is 17.1 Å². The van der Waals surface area contributed by atoms with Gasteiger partial charge in [0.05, 0.1) is 16.7 Å². The molecule has 0 saturated heterocycles. The highest BCUT2D eigenvalue weighted by atomic mass is 35.5. The number of carbonyl (C=O) groups excluding carboxylic acids is 1. The van der Waals surface area contributed by atoms with E-state index in [4.69, 9.17) is 20.8 Å². The zero-order valence-electron chi connectivity index (χ0n) is 17.7. The van der Waals surface area contributed by atoms with Gasteiger partial charge in [0.1, 0.15) is 28.9 Å². The molecular formula is C25H18ClN3O5. The smallest absolute Gasteiger partial charge is 0.288 e. The van der Waals surface area contributed by atoms with Crippen LogP contribution in [-0.4, -0.2) is 17.0 Å². The van der Waals surface area contributed by atoms with E-state index in [2.05, 4.69) is 10.5 Å². The molecule has 0 atom stereocenters. The number of carbonyl (C=O) groups is 1. The Hall–Kier alpha value is -4.43. The molecule has 0 saturated carbocycles. The van der Waals surface area contributed by atoms with Crippen LogP contribution in [0.25, 0.3) is 11.3 Å². The van der Waals surface area contributed by atoms with E-state index >= 15 is 0 Å². The molecule has 3 aromatic carbocycles. The number of amides is 1. The van der Waals surface area contributed by atoms with Crippen molar-refractivity contribution in [2.75, 3.05) is 0 Å². The zero-order chi connectivity index (χ0) is 23.9. The van der Waals surface area contributed by atoms with Crippen LogP contribution < -0.4 is 10.2 Å². The van der Waals surface area contributed by atoms with E-state index in [1.807, 2.05) is 30.3 Å². The number of hydrogen-bond acceptors (Lipinski definition) is 6. The largest absolute Gasteiger partial charge is 0.488 e. The number of nitrogens with one attached hydrogen (secondary N) is 1. The summed E-state index contributed by atoms with van der Waals surface area (Å²) in [4.78, 5) is 23.1. The fraction of sp³-hybridized carbons (Fsp3) is 0.0400. The predicted molar refractivity (Wildman–Crippen MR) is 128 cm³/mol. The lowest BCUT2D eigenvalue weighted by molar-refractivity contribution is -0.384. The van der Waals surface area contributed by atoms with Crippen molar-refractivity contribution >= 4 is 29.4 Å². The Morgan fingerprint density at radius 2 is 1.82 bits per heavy atom. The third kappa shape index (κ3) is 5.48. The van der Waals surface area contributed by atoms with Gasteiger partial charge in [0.2, 0.25) is 0 Å². The van der Waals surface area contributed by atoms with E-state index in [-0.39, 0.29) is 10.7 Å². The fourth-order valence-electron chi connectivity index (χ4n) is 3.11. The summed E-state index contributed by atoms with van der Waals surface area (Å²) in [5.74, 6) is 0.734. The van der Waals surface area contributed by atoms with E-state index < -0.39 is 10.8 Å². The summed E-state index contributed by atoms with van der Waals surface area (Å²) in [6, 6.07) is 24.1. The maximum Gasteiger partial charge on any atom is 0.288 e. The number of nitro benzene ring substituents is 1. The highest BCUT2D eigenvalue weighted by molar-refractivity contribution is 6.32. The van der Waals surface area contributed by atoms with Crippen molar-refractivity contribution in [3.63, 3.8) is 0 Å². The quantitative estimate of drug-likeness (QED) is 0.195. The van der Waals surface area contributed by atoms with Crippen molar-refractivity contribution in [3.05, 3.63) is 117 Å². The van der Waals surface area contributed by atoms with Gasteiger partial charge in [-0.2, -0.15) is 5.10 Å². The lowest BCUT2D eigenvalue weighted by atomic mass is 10.1. The predicted octanol–water partition coefficient (Wildman–Crippen LogP) is 5.85. The Morgan fingerprint density at radius 1 is 1.06 bits per heavy atom. The van der Waals surface area contributed by atoms with Crippen LogP contribution in [0.2, 0.25) is 5.02 Å². The first kappa shape index (κ1) is 22.8. The van der Waals surface area contributed by atoms with Gasteiger partial charge in [-0.1, -0.05) is 54.1 Å². The number of rotatable bonds is 8. The molecule has 1 aromatic heterocycles. The van der Waals surface area contributed by atoms with Gasteiger partial charge in [-0.05, 0) is 42.0 Å². The Kier molecular flexibility index (Phi) is 7.00. The molecule has 0 fully saturated rings. The van der Waals surface area contributed by atoms with Crippen LogP contribution in [0.15, 0.2) is 94.4 Å². The maximum atomic E-state index is 12.6. The van der Waals surface area contributed by atoms with Gasteiger partial charge < -0.3 is 9.15 Å². The summed E-state index contributed by atoms with van der Waals surface area (Å²) in [6.45, 7) is 0.326. The molecule has 34 heavy (non-hydrogen) atoms. The summed E-state index contributed by atoms with van der Waals surface area (Å²) in [6.07, 6.45) is 1.33. The number of halogens is 1. The lowest BCUT2D eigenvalue weighted by Gasteiger charge is -2.10. The molecule has 9 heteroatoms. The second-order valence-corrected chi connectivity index (χ2v) is 7.50. The maximum absolute atomic E-state index is 12.6. The average molecular weight is 476 g/mol. The van der Waals surface area contributed by atoms with Gasteiger partial charge in [-0.3, -0.25) is 14.9 Å². The first-order valence-corrected chi connectivity index (χ1v) is 10.5. The van der Waals surface area contributed by atoms with E-state index in [1.54, 1.807) is 42.5 Å². The molecule has 8 nitrogen and oxygen atoms in total. The van der Waals surface area contributed by atoms with Gasteiger partial charge in [0.15, 0.2) is 0 Å². The molecule has 0 aliphatic carbocycles. The number of hydrogen-bond donors (Lipinski definition) is 1. The molecule has 0 unspecified atom stereocenters. The fourth-order valence-corrected chi connectivity index (χ4v) is 3.30. The average Bonchev–Trinajstić information content (AvgIpc) is 3.32. The van der Waals surface area contributed by atoms with Gasteiger partial charge in [0.25, 0.3) is 11.6 Å². The molecule has 4 aromatic rings. The normalized spacial score (nSPS) is 10.9. The van der Waals surface area contributed by atoms with Crippen LogP contribution in [-0.2, 0) is 6.61 Å². The number of benzene rings is 3. The van der Waals surface area contributed by atoms with Crippen molar-refractivity contribution in [2.24, 2.45) is 5.10 Å². The van der Waals surface area contributed by atoms with Gasteiger partial charge in [-0.15, -0.1) is 0 Å². The SMILES string of the molecule is O=C(N/N=C/c1ccc(-c2ccc(Cl)c([N+](=O)[O-])c2)o1)c1ccccc1OCc1ccccc1. The molecular weight excluding hydrogens is 458 g/mol. The number of para-hydroxylation sites is 1. The molecule has 1 amide bonds. The monoisotopic (exact) mass is 475 g/mol. The van der Waals surface area contributed by atoms with E-state index in [0.717, 1.165) is 5.56 Å². The van der Waals surface area contributed by atoms with Crippen LogP contribution in [0.1, 0.15) is 21.7 Å². The Bertz CT molecular complexity index is 1350. The molecule has 0 aliphatic rings. The Balaban J connectivity index is 1.41. The number of nitrogens with zero attached hydrogens (tertiary/aromatic N) is 2. The highest BCUT2D eigenvalue weighted by Gasteiger charge is 2.15. The van der Waals surface area contributed by atoms with Crippen molar-refractivity contribution in [1.29, 1.82) is 0 Å². The Morgan fingerprint density at radius 3 is 2.62 bits per heavy atom. The summed E-state index contributed by atoms with van der Waals surface area (Å²) >= 11 is 5.85. The third-order valence-electron chi connectivity index (χ3n) is 4.78. The summed E-state index contributed by atoms with van der Waals surface area (Å²) in [5, 5.41) is 15.1. The van der Waals surface area contributed by atoms with Crippen LogP contribution in [0.5, 0.6) is 5.75 Å². The van der Waals surface area contributed by atoms with Gasteiger partial charge in [-0.25, -0.2) is 5.43 Å². The summed E-state index contributed by atoms with van der Waals surface area (Å²) in [5.41, 5.74) is 4.04. The standard InChI is InChI=1S/C25H18ClN3O5/c26-21-12-10-18(14-22(21)29(31)32)23-13-11-19(34-23)15-27-28-25(30)20-8-4-5-9-24(20)33-16-17-6-2-1-3-7-17/h1-15H,16H2,(H,28,30)/b27-15+. The van der Waals surface area contributed by atoms with Crippen LogP contribution in [0, 0.1) is 10.1 Å². The van der Waals surface area contributed by atoms with Crippen LogP contribution in [0.3, 0.4) is 0 Å². The van der Waals surface area contributed by atoms with Crippen molar-refractivity contribution in [1.82, 2.24) is 5.43 Å². The second kappa shape index (κ2) is 10.5. The molecule has 0 bridgehead atoms. The molecule has 1 heterocycles. The van der Waals surface area contributed by atoms with Crippen molar-refractivity contribution in [2.45, 2.75) is 6.61 Å². The minimum Gasteiger partial charge on any atom is -0.488 e. The molecule has 0 aliphatic heterocycles. The molecule has 1 N–H and O–H groups in total. The minimum absolute atomic E-state index is 0.0397. The van der Waals surface area contributed by atoms with Crippen molar-refractivity contribution < 1.29 is 18.9 Å². The van der Waals surface area contributed by atoms with E-state index in [9.17, 15) is 14.9 Å². The number of hydrazone groups is 1. The third-order valence-corrected chi connectivity index (χ3v) is 5.10. The topological polar surface area (TPSA) is 107 Å². The summed E-state index contributed by atoms with van der Waals surface area (Å²) < 4.78 is 11.5. The van der Waals surface area contributed by atoms with Crippen LogP contribution in [0.4, 0.5) is 5.69 Å². The molecule has 4 rings (SSSR count). The van der Waals surface area contributed by atoms with Gasteiger partial charge in [0, 0.05) is 11.6 Å². The number of nitro groups is 1. The number of furan rings is 1. The van der Waals surface area contributed by atoms with E-state index in [1.165, 1.54) is 18.3 Å². The minimum atomic E-state index is -0.561. The van der Waals surface area contributed by atoms with Crippen LogP contribution >= 0.6 is 11.6 Å². The molecule has 0 spiro atoms. The molecule has 0 radical (unpaired) electrons. The number of ether oxygens (including phenoxy) is 1.